The zero-order chi connectivity index (χ0) is 13.8. The van der Waals surface area contributed by atoms with Crippen molar-refractivity contribution in [1.29, 1.82) is 0 Å². The molecule has 1 aromatic rings. The van der Waals surface area contributed by atoms with Crippen LogP contribution in [0.5, 0.6) is 0 Å². The molecule has 0 spiro atoms. The molecule has 19 heavy (non-hydrogen) atoms. The van der Waals surface area contributed by atoms with Gasteiger partial charge >= 0.3 is 0 Å². The van der Waals surface area contributed by atoms with Gasteiger partial charge < -0.3 is 10.6 Å². The van der Waals surface area contributed by atoms with Crippen LogP contribution in [0.2, 0.25) is 0 Å². The average Bonchev–Trinajstić information content (AvgIpc) is 2.79. The van der Waals surface area contributed by atoms with Crippen LogP contribution in [-0.4, -0.2) is 18.5 Å². The molecule has 2 atom stereocenters. The van der Waals surface area contributed by atoms with Crippen molar-refractivity contribution < 1.29 is 4.79 Å². The van der Waals surface area contributed by atoms with E-state index in [1.54, 1.807) is 0 Å². The van der Waals surface area contributed by atoms with Gasteiger partial charge in [0.1, 0.15) is 0 Å². The van der Waals surface area contributed by atoms with E-state index >= 15 is 0 Å². The molecule has 3 nitrogen and oxygen atoms in total. The number of benzene rings is 1. The molecule has 104 valence electrons. The molecule has 0 heterocycles. The summed E-state index contributed by atoms with van der Waals surface area (Å²) in [6.45, 7) is 6.68. The fourth-order valence-corrected chi connectivity index (χ4v) is 2.46. The number of fused-ring (bicyclic) bond motifs is 1. The molecule has 3 heteroatoms. The first-order valence-corrected chi connectivity index (χ1v) is 7.18. The Bertz CT molecular complexity index is 442. The topological polar surface area (TPSA) is 41.1 Å². The van der Waals surface area contributed by atoms with Crippen LogP contribution in [0, 0.1) is 5.92 Å². The molecule has 0 aliphatic heterocycles. The summed E-state index contributed by atoms with van der Waals surface area (Å²) >= 11 is 0. The maximum absolute atomic E-state index is 11.9. The number of carbonyl (C=O) groups excluding carboxylic acids is 1. The quantitative estimate of drug-likeness (QED) is 0.853. The van der Waals surface area contributed by atoms with Gasteiger partial charge in [0.25, 0.3) is 0 Å². The number of rotatable bonds is 5. The van der Waals surface area contributed by atoms with Gasteiger partial charge in [-0.2, -0.15) is 0 Å². The maximum atomic E-state index is 11.9. The highest BCUT2D eigenvalue weighted by atomic mass is 16.1. The third kappa shape index (κ3) is 3.57. The highest BCUT2D eigenvalue weighted by Gasteiger charge is 2.22. The Labute approximate surface area is 115 Å². The Balaban J connectivity index is 1.82. The molecule has 0 saturated heterocycles. The third-order valence-electron chi connectivity index (χ3n) is 4.03. The van der Waals surface area contributed by atoms with Crippen molar-refractivity contribution in [2.45, 2.75) is 45.7 Å². The normalized spacial score (nSPS) is 19.3. The first kappa shape index (κ1) is 14.1. The van der Waals surface area contributed by atoms with Crippen molar-refractivity contribution in [2.24, 2.45) is 5.92 Å². The van der Waals surface area contributed by atoms with Gasteiger partial charge in [-0.05, 0) is 36.8 Å². The molecule has 2 N–H and O–H groups in total. The van der Waals surface area contributed by atoms with Crippen LogP contribution in [0.4, 0.5) is 0 Å². The summed E-state index contributed by atoms with van der Waals surface area (Å²) in [7, 11) is 0. The fourth-order valence-electron chi connectivity index (χ4n) is 2.46. The lowest BCUT2D eigenvalue weighted by Gasteiger charge is -2.19. The molecule has 0 aromatic heterocycles. The van der Waals surface area contributed by atoms with Gasteiger partial charge in [0.15, 0.2) is 0 Å². The van der Waals surface area contributed by atoms with Gasteiger partial charge in [0.05, 0.1) is 6.54 Å². The van der Waals surface area contributed by atoms with Crippen LogP contribution >= 0.6 is 0 Å². The van der Waals surface area contributed by atoms with Crippen molar-refractivity contribution in [1.82, 2.24) is 10.6 Å². The smallest absolute Gasteiger partial charge is 0.234 e. The lowest BCUT2D eigenvalue weighted by Crippen LogP contribution is -2.41. The SMILES string of the molecule is CC(C)C(C)NC(=O)CNC1CCc2ccccc21. The van der Waals surface area contributed by atoms with Gasteiger partial charge in [-0.1, -0.05) is 38.1 Å². The van der Waals surface area contributed by atoms with Crippen LogP contribution in [0.15, 0.2) is 24.3 Å². The number of carbonyl (C=O) groups is 1. The van der Waals surface area contributed by atoms with Crippen molar-refractivity contribution >= 4 is 5.91 Å². The molecule has 2 rings (SSSR count). The predicted octanol–water partition coefficient (Wildman–Crippen LogP) is 2.42. The van der Waals surface area contributed by atoms with Gasteiger partial charge in [0.2, 0.25) is 5.91 Å². The lowest BCUT2D eigenvalue weighted by molar-refractivity contribution is -0.121. The summed E-state index contributed by atoms with van der Waals surface area (Å²) in [5, 5.41) is 6.40. The van der Waals surface area contributed by atoms with Gasteiger partial charge in [0, 0.05) is 12.1 Å². The molecule has 0 fully saturated rings. The third-order valence-corrected chi connectivity index (χ3v) is 4.03. The predicted molar refractivity (Wildman–Crippen MR) is 77.9 cm³/mol. The monoisotopic (exact) mass is 260 g/mol. The second-order valence-corrected chi connectivity index (χ2v) is 5.77. The van der Waals surface area contributed by atoms with Crippen molar-refractivity contribution in [3.05, 3.63) is 35.4 Å². The fraction of sp³-hybridized carbons (Fsp3) is 0.562. The Morgan fingerprint density at radius 2 is 2.05 bits per heavy atom. The van der Waals surface area contributed by atoms with E-state index in [4.69, 9.17) is 0 Å². The van der Waals surface area contributed by atoms with E-state index in [2.05, 4.69) is 48.7 Å². The van der Waals surface area contributed by atoms with E-state index in [1.165, 1.54) is 11.1 Å². The summed E-state index contributed by atoms with van der Waals surface area (Å²) in [5.74, 6) is 0.557. The minimum Gasteiger partial charge on any atom is -0.352 e. The number of amides is 1. The first-order valence-electron chi connectivity index (χ1n) is 7.18. The number of nitrogens with one attached hydrogen (secondary N) is 2. The Morgan fingerprint density at radius 3 is 2.79 bits per heavy atom. The Hall–Kier alpha value is -1.35. The second kappa shape index (κ2) is 6.20. The standard InChI is InChI=1S/C16H24N2O/c1-11(2)12(3)18-16(19)10-17-15-9-8-13-6-4-5-7-14(13)15/h4-7,11-12,15,17H,8-10H2,1-3H3,(H,18,19). The lowest BCUT2D eigenvalue weighted by atomic mass is 10.1. The van der Waals surface area contributed by atoms with E-state index in [0.717, 1.165) is 12.8 Å². The summed E-state index contributed by atoms with van der Waals surface area (Å²) in [6.07, 6.45) is 2.20. The Kier molecular flexibility index (Phi) is 4.59. The summed E-state index contributed by atoms with van der Waals surface area (Å²) < 4.78 is 0. The van der Waals surface area contributed by atoms with Crippen LogP contribution in [0.25, 0.3) is 0 Å². The van der Waals surface area contributed by atoms with Crippen LogP contribution in [0.3, 0.4) is 0 Å². The number of aryl methyl sites for hydroxylation is 1. The first-order chi connectivity index (χ1) is 9.08. The molecule has 1 aliphatic rings. The van der Waals surface area contributed by atoms with E-state index in [0.29, 0.717) is 18.5 Å². The van der Waals surface area contributed by atoms with Crippen LogP contribution in [0.1, 0.15) is 44.4 Å². The molecule has 0 radical (unpaired) electrons. The molecule has 1 aliphatic carbocycles. The summed E-state index contributed by atoms with van der Waals surface area (Å²) in [4.78, 5) is 11.9. The zero-order valence-electron chi connectivity index (χ0n) is 12.1. The van der Waals surface area contributed by atoms with Crippen molar-refractivity contribution in [3.8, 4) is 0 Å². The number of hydrogen-bond acceptors (Lipinski definition) is 2. The average molecular weight is 260 g/mol. The van der Waals surface area contributed by atoms with Gasteiger partial charge in [-0.15, -0.1) is 0 Å². The van der Waals surface area contributed by atoms with Crippen LogP contribution < -0.4 is 10.6 Å². The Morgan fingerprint density at radius 1 is 1.32 bits per heavy atom. The minimum atomic E-state index is 0.0885. The molecule has 2 unspecified atom stereocenters. The summed E-state index contributed by atoms with van der Waals surface area (Å²) in [5.41, 5.74) is 2.77. The van der Waals surface area contributed by atoms with Crippen molar-refractivity contribution in [3.63, 3.8) is 0 Å². The zero-order valence-corrected chi connectivity index (χ0v) is 12.1. The van der Waals surface area contributed by atoms with E-state index in [1.807, 2.05) is 6.92 Å². The highest BCUT2D eigenvalue weighted by Crippen LogP contribution is 2.30. The molecular formula is C16H24N2O. The molecule has 1 amide bonds. The number of hydrogen-bond donors (Lipinski definition) is 2. The molecular weight excluding hydrogens is 236 g/mol. The molecule has 1 aromatic carbocycles. The van der Waals surface area contributed by atoms with Crippen molar-refractivity contribution in [2.75, 3.05) is 6.54 Å². The minimum absolute atomic E-state index is 0.0885. The summed E-state index contributed by atoms with van der Waals surface area (Å²) in [6, 6.07) is 9.05. The van der Waals surface area contributed by atoms with Gasteiger partial charge in [-0.25, -0.2) is 0 Å². The molecule has 0 bridgehead atoms. The van der Waals surface area contributed by atoms with Gasteiger partial charge in [-0.3, -0.25) is 4.79 Å². The van der Waals surface area contributed by atoms with E-state index in [9.17, 15) is 4.79 Å². The highest BCUT2D eigenvalue weighted by molar-refractivity contribution is 5.78. The van der Waals surface area contributed by atoms with E-state index < -0.39 is 0 Å². The second-order valence-electron chi connectivity index (χ2n) is 5.77. The molecule has 0 saturated carbocycles. The van der Waals surface area contributed by atoms with Crippen LogP contribution in [-0.2, 0) is 11.2 Å². The largest absolute Gasteiger partial charge is 0.352 e. The maximum Gasteiger partial charge on any atom is 0.234 e. The van der Waals surface area contributed by atoms with E-state index in [-0.39, 0.29) is 11.9 Å².